The Morgan fingerprint density at radius 3 is 2.55 bits per heavy atom. The summed E-state index contributed by atoms with van der Waals surface area (Å²) in [5.74, 6) is 1.03. The highest BCUT2D eigenvalue weighted by molar-refractivity contribution is 5.73. The lowest BCUT2D eigenvalue weighted by Gasteiger charge is -2.18. The van der Waals surface area contributed by atoms with Crippen LogP contribution >= 0.6 is 0 Å². The minimum atomic E-state index is -0.386. The Hall–Kier alpha value is -1.75. The smallest absolute Gasteiger partial charge is 0.314 e. The molecule has 2 unspecified atom stereocenters. The molecule has 0 saturated carbocycles. The van der Waals surface area contributed by atoms with Gasteiger partial charge in [-0.05, 0) is 37.8 Å². The fourth-order valence-electron chi connectivity index (χ4n) is 1.91. The zero-order chi connectivity index (χ0) is 16.5. The van der Waals surface area contributed by atoms with Crippen molar-refractivity contribution in [2.45, 2.75) is 46.3 Å². The number of nitrogens with one attached hydrogen (secondary N) is 2. The van der Waals surface area contributed by atoms with E-state index in [1.807, 2.05) is 52.0 Å². The van der Waals surface area contributed by atoms with Crippen LogP contribution in [0.4, 0.5) is 4.79 Å². The number of carbonyl (C=O) groups excluding carboxylic acids is 1. The predicted octanol–water partition coefficient (Wildman–Crippen LogP) is 2.47. The first-order valence-corrected chi connectivity index (χ1v) is 7.82. The van der Waals surface area contributed by atoms with E-state index in [0.717, 1.165) is 11.3 Å². The van der Waals surface area contributed by atoms with Gasteiger partial charge in [-0.2, -0.15) is 0 Å². The summed E-state index contributed by atoms with van der Waals surface area (Å²) < 4.78 is 5.79. The first-order chi connectivity index (χ1) is 10.4. The molecule has 0 aliphatic carbocycles. The summed E-state index contributed by atoms with van der Waals surface area (Å²) in [6, 6.07) is 7.55. The van der Waals surface area contributed by atoms with Crippen molar-refractivity contribution in [1.82, 2.24) is 10.6 Å². The Bertz CT molecular complexity index is 463. The molecule has 124 valence electrons. The molecule has 0 heterocycles. The number of urea groups is 1. The Morgan fingerprint density at radius 2 is 1.91 bits per heavy atom. The molecule has 0 spiro atoms. The second-order valence-electron chi connectivity index (χ2n) is 5.93. The van der Waals surface area contributed by atoms with Gasteiger partial charge in [-0.15, -0.1) is 0 Å². The molecule has 0 aliphatic heterocycles. The molecule has 0 radical (unpaired) electrons. The third kappa shape index (κ3) is 6.80. The molecule has 3 N–H and O–H groups in total. The monoisotopic (exact) mass is 308 g/mol. The number of aliphatic hydroxyl groups excluding tert-OH is 1. The molecule has 0 bridgehead atoms. The average Bonchev–Trinajstić information content (AvgIpc) is 2.47. The van der Waals surface area contributed by atoms with Crippen LogP contribution in [-0.2, 0) is 0 Å². The highest BCUT2D eigenvalue weighted by Crippen LogP contribution is 2.17. The maximum absolute atomic E-state index is 11.7. The summed E-state index contributed by atoms with van der Waals surface area (Å²) in [4.78, 5) is 11.7. The standard InChI is InChI=1S/C17H28N2O3/c1-12(2)15(20)9-10-18-17(21)19-11-14(4)22-16-8-6-5-7-13(16)3/h5-8,12,14-15,20H,9-11H2,1-4H3,(H2,18,19,21). The molecule has 1 aromatic rings. The molecular formula is C17H28N2O3. The zero-order valence-corrected chi connectivity index (χ0v) is 13.9. The number of hydrogen-bond acceptors (Lipinski definition) is 3. The number of aliphatic hydroxyl groups is 1. The number of rotatable bonds is 8. The van der Waals surface area contributed by atoms with Crippen molar-refractivity contribution in [3.8, 4) is 5.75 Å². The van der Waals surface area contributed by atoms with Crippen molar-refractivity contribution in [1.29, 1.82) is 0 Å². The molecule has 0 aliphatic rings. The summed E-state index contributed by atoms with van der Waals surface area (Å²) in [6.45, 7) is 8.69. The first-order valence-electron chi connectivity index (χ1n) is 7.82. The van der Waals surface area contributed by atoms with Crippen LogP contribution in [0.1, 0.15) is 32.8 Å². The van der Waals surface area contributed by atoms with Crippen LogP contribution in [0.15, 0.2) is 24.3 Å². The van der Waals surface area contributed by atoms with E-state index >= 15 is 0 Å². The first kappa shape index (κ1) is 18.3. The lowest BCUT2D eigenvalue weighted by atomic mass is 10.0. The summed E-state index contributed by atoms with van der Waals surface area (Å²) in [7, 11) is 0. The van der Waals surface area contributed by atoms with Crippen molar-refractivity contribution in [3.05, 3.63) is 29.8 Å². The van der Waals surface area contributed by atoms with Crippen molar-refractivity contribution in [2.75, 3.05) is 13.1 Å². The van der Waals surface area contributed by atoms with Gasteiger partial charge in [0.1, 0.15) is 11.9 Å². The van der Waals surface area contributed by atoms with E-state index in [-0.39, 0.29) is 24.2 Å². The average molecular weight is 308 g/mol. The van der Waals surface area contributed by atoms with Crippen molar-refractivity contribution in [2.24, 2.45) is 5.92 Å². The van der Waals surface area contributed by atoms with E-state index in [1.165, 1.54) is 0 Å². The summed E-state index contributed by atoms with van der Waals surface area (Å²) >= 11 is 0. The quantitative estimate of drug-likeness (QED) is 0.691. The van der Waals surface area contributed by atoms with Gasteiger partial charge in [0.15, 0.2) is 0 Å². The number of benzene rings is 1. The number of para-hydroxylation sites is 1. The largest absolute Gasteiger partial charge is 0.489 e. The van der Waals surface area contributed by atoms with Gasteiger partial charge >= 0.3 is 6.03 Å². The van der Waals surface area contributed by atoms with Crippen LogP contribution in [0.5, 0.6) is 5.75 Å². The van der Waals surface area contributed by atoms with E-state index in [2.05, 4.69) is 10.6 Å². The van der Waals surface area contributed by atoms with Crippen LogP contribution in [-0.4, -0.2) is 36.4 Å². The SMILES string of the molecule is Cc1ccccc1OC(C)CNC(=O)NCCC(O)C(C)C. The fourth-order valence-corrected chi connectivity index (χ4v) is 1.91. The van der Waals surface area contributed by atoms with Gasteiger partial charge in [0.2, 0.25) is 0 Å². The normalized spacial score (nSPS) is 13.5. The van der Waals surface area contributed by atoms with Gasteiger partial charge < -0.3 is 20.5 Å². The molecule has 2 amide bonds. The molecule has 1 aromatic carbocycles. The predicted molar refractivity (Wildman–Crippen MR) is 88.1 cm³/mol. The number of ether oxygens (including phenoxy) is 1. The number of hydrogen-bond donors (Lipinski definition) is 3. The Morgan fingerprint density at radius 1 is 1.23 bits per heavy atom. The minimum absolute atomic E-state index is 0.117. The van der Waals surface area contributed by atoms with Crippen molar-refractivity contribution in [3.63, 3.8) is 0 Å². The second-order valence-corrected chi connectivity index (χ2v) is 5.93. The second kappa shape index (κ2) is 9.30. The van der Waals surface area contributed by atoms with E-state index < -0.39 is 0 Å². The third-order valence-electron chi connectivity index (χ3n) is 3.47. The van der Waals surface area contributed by atoms with E-state index in [9.17, 15) is 9.90 Å². The molecular weight excluding hydrogens is 280 g/mol. The molecule has 0 saturated heterocycles. The summed E-state index contributed by atoms with van der Waals surface area (Å²) in [6.07, 6.45) is 0.0529. The van der Waals surface area contributed by atoms with E-state index in [0.29, 0.717) is 19.5 Å². The highest BCUT2D eigenvalue weighted by atomic mass is 16.5. The van der Waals surface area contributed by atoms with Crippen LogP contribution in [0.2, 0.25) is 0 Å². The maximum Gasteiger partial charge on any atom is 0.314 e. The summed E-state index contributed by atoms with van der Waals surface area (Å²) in [5.41, 5.74) is 1.07. The fraction of sp³-hybridized carbons (Fsp3) is 0.588. The van der Waals surface area contributed by atoms with Gasteiger partial charge in [0.25, 0.3) is 0 Å². The molecule has 5 heteroatoms. The van der Waals surface area contributed by atoms with Gasteiger partial charge in [-0.25, -0.2) is 4.79 Å². The molecule has 5 nitrogen and oxygen atoms in total. The number of amides is 2. The molecule has 1 rings (SSSR count). The molecule has 0 fully saturated rings. The van der Waals surface area contributed by atoms with Gasteiger partial charge in [-0.1, -0.05) is 32.0 Å². The lowest BCUT2D eigenvalue weighted by molar-refractivity contribution is 0.116. The van der Waals surface area contributed by atoms with Crippen LogP contribution < -0.4 is 15.4 Å². The van der Waals surface area contributed by atoms with E-state index in [4.69, 9.17) is 4.74 Å². The highest BCUT2D eigenvalue weighted by Gasteiger charge is 2.10. The Labute approximate surface area is 133 Å². The van der Waals surface area contributed by atoms with Crippen molar-refractivity contribution >= 4 is 6.03 Å². The lowest BCUT2D eigenvalue weighted by Crippen LogP contribution is -2.41. The van der Waals surface area contributed by atoms with Crippen LogP contribution in [0, 0.1) is 12.8 Å². The molecule has 2 atom stereocenters. The zero-order valence-electron chi connectivity index (χ0n) is 13.9. The van der Waals surface area contributed by atoms with Gasteiger partial charge in [0, 0.05) is 6.54 Å². The molecule has 22 heavy (non-hydrogen) atoms. The molecule has 0 aromatic heterocycles. The van der Waals surface area contributed by atoms with Crippen molar-refractivity contribution < 1.29 is 14.6 Å². The third-order valence-corrected chi connectivity index (χ3v) is 3.47. The van der Waals surface area contributed by atoms with Crippen LogP contribution in [0.25, 0.3) is 0 Å². The Balaban J connectivity index is 2.22. The summed E-state index contributed by atoms with van der Waals surface area (Å²) in [5, 5.41) is 15.2. The van der Waals surface area contributed by atoms with Gasteiger partial charge in [0.05, 0.1) is 12.6 Å². The Kier molecular flexibility index (Phi) is 7.74. The van der Waals surface area contributed by atoms with Gasteiger partial charge in [-0.3, -0.25) is 0 Å². The van der Waals surface area contributed by atoms with E-state index in [1.54, 1.807) is 0 Å². The minimum Gasteiger partial charge on any atom is -0.489 e. The van der Waals surface area contributed by atoms with Crippen LogP contribution in [0.3, 0.4) is 0 Å². The number of carbonyl (C=O) groups is 1. The topological polar surface area (TPSA) is 70.6 Å². The maximum atomic E-state index is 11.7. The number of aryl methyl sites for hydroxylation is 1.